The van der Waals surface area contributed by atoms with E-state index in [9.17, 15) is 9.59 Å². The van der Waals surface area contributed by atoms with Gasteiger partial charge in [0.2, 0.25) is 5.91 Å². The quantitative estimate of drug-likeness (QED) is 0.873. The number of aliphatic carboxylic acids is 1. The molecule has 0 radical (unpaired) electrons. The van der Waals surface area contributed by atoms with Crippen molar-refractivity contribution in [2.45, 2.75) is 13.5 Å². The number of hydrogen-bond acceptors (Lipinski definition) is 3. The molecule has 6 nitrogen and oxygen atoms in total. The molecular weight excluding hydrogens is 246 g/mol. The molecule has 1 amide bonds. The molecule has 1 aromatic heterocycles. The summed E-state index contributed by atoms with van der Waals surface area (Å²) in [5.41, 5.74) is 1.40. The van der Waals surface area contributed by atoms with Gasteiger partial charge >= 0.3 is 5.97 Å². The van der Waals surface area contributed by atoms with Crippen molar-refractivity contribution in [3.05, 3.63) is 36.7 Å². The Kier molecular flexibility index (Phi) is 3.61. The third-order valence-corrected chi connectivity index (χ3v) is 2.46. The topological polar surface area (TPSA) is 84.2 Å². The van der Waals surface area contributed by atoms with Crippen molar-refractivity contribution >= 4 is 17.6 Å². The molecule has 2 aromatic rings. The van der Waals surface area contributed by atoms with Crippen molar-refractivity contribution in [1.29, 1.82) is 0 Å². The molecule has 0 unspecified atom stereocenters. The van der Waals surface area contributed by atoms with Crippen molar-refractivity contribution in [3.8, 4) is 11.4 Å². The maximum atomic E-state index is 11.0. The summed E-state index contributed by atoms with van der Waals surface area (Å²) >= 11 is 0. The van der Waals surface area contributed by atoms with Gasteiger partial charge in [0, 0.05) is 30.6 Å². The molecule has 1 heterocycles. The number of carbonyl (C=O) groups excluding carboxylic acids is 1. The van der Waals surface area contributed by atoms with Crippen LogP contribution in [0.5, 0.6) is 0 Å². The normalized spacial score (nSPS) is 10.2. The predicted molar refractivity (Wildman–Crippen MR) is 69.6 cm³/mol. The minimum atomic E-state index is -0.933. The lowest BCUT2D eigenvalue weighted by molar-refractivity contribution is -0.137. The highest BCUT2D eigenvalue weighted by molar-refractivity contribution is 5.89. The Morgan fingerprint density at radius 3 is 2.89 bits per heavy atom. The van der Waals surface area contributed by atoms with Crippen LogP contribution in [0.25, 0.3) is 11.4 Å². The van der Waals surface area contributed by atoms with Crippen molar-refractivity contribution in [3.63, 3.8) is 0 Å². The number of amides is 1. The Morgan fingerprint density at radius 2 is 2.21 bits per heavy atom. The zero-order chi connectivity index (χ0) is 13.8. The summed E-state index contributed by atoms with van der Waals surface area (Å²) in [5.74, 6) is -0.544. The van der Waals surface area contributed by atoms with E-state index in [0.717, 1.165) is 5.56 Å². The van der Waals surface area contributed by atoms with Crippen LogP contribution in [-0.2, 0) is 16.1 Å². The van der Waals surface area contributed by atoms with E-state index in [1.165, 1.54) is 11.5 Å². The minimum absolute atomic E-state index is 0.153. The van der Waals surface area contributed by atoms with Crippen LogP contribution in [-0.4, -0.2) is 26.5 Å². The number of nitrogens with zero attached hydrogens (tertiary/aromatic N) is 2. The second kappa shape index (κ2) is 5.34. The van der Waals surface area contributed by atoms with Gasteiger partial charge in [-0.05, 0) is 12.1 Å². The first-order chi connectivity index (χ1) is 9.06. The van der Waals surface area contributed by atoms with E-state index in [1.54, 1.807) is 30.6 Å². The average molecular weight is 259 g/mol. The number of anilines is 1. The summed E-state index contributed by atoms with van der Waals surface area (Å²) in [7, 11) is 0. The van der Waals surface area contributed by atoms with E-state index in [4.69, 9.17) is 5.11 Å². The van der Waals surface area contributed by atoms with E-state index in [1.807, 2.05) is 6.07 Å². The first kappa shape index (κ1) is 12.8. The van der Waals surface area contributed by atoms with Crippen LogP contribution in [0.15, 0.2) is 36.7 Å². The van der Waals surface area contributed by atoms with Gasteiger partial charge in [0.1, 0.15) is 12.4 Å². The molecule has 2 N–H and O–H groups in total. The van der Waals surface area contributed by atoms with Crippen LogP contribution in [0.1, 0.15) is 6.92 Å². The molecule has 0 bridgehead atoms. The summed E-state index contributed by atoms with van der Waals surface area (Å²) in [4.78, 5) is 25.9. The van der Waals surface area contributed by atoms with Gasteiger partial charge in [0.15, 0.2) is 0 Å². The molecule has 0 spiro atoms. The van der Waals surface area contributed by atoms with Gasteiger partial charge in [-0.3, -0.25) is 9.59 Å². The number of hydrogen-bond donors (Lipinski definition) is 2. The molecule has 0 aliphatic heterocycles. The number of carbonyl (C=O) groups is 2. The number of carboxylic acids is 1. The van der Waals surface area contributed by atoms with Crippen LogP contribution in [0.4, 0.5) is 5.69 Å². The smallest absolute Gasteiger partial charge is 0.323 e. The van der Waals surface area contributed by atoms with E-state index in [2.05, 4.69) is 10.3 Å². The molecule has 6 heteroatoms. The first-order valence-corrected chi connectivity index (χ1v) is 5.67. The van der Waals surface area contributed by atoms with Crippen LogP contribution >= 0.6 is 0 Å². The van der Waals surface area contributed by atoms with E-state index >= 15 is 0 Å². The molecule has 0 atom stereocenters. The van der Waals surface area contributed by atoms with Crippen molar-refractivity contribution < 1.29 is 14.7 Å². The van der Waals surface area contributed by atoms with Gasteiger partial charge in [-0.1, -0.05) is 12.1 Å². The van der Waals surface area contributed by atoms with Gasteiger partial charge < -0.3 is 15.0 Å². The molecule has 19 heavy (non-hydrogen) atoms. The number of benzene rings is 1. The number of rotatable bonds is 4. The largest absolute Gasteiger partial charge is 0.480 e. The number of carboxylic acid groups (broad SMARTS) is 1. The number of aromatic nitrogens is 2. The minimum Gasteiger partial charge on any atom is -0.480 e. The molecule has 1 aromatic carbocycles. The summed E-state index contributed by atoms with van der Waals surface area (Å²) in [6.07, 6.45) is 3.15. The van der Waals surface area contributed by atoms with Gasteiger partial charge in [-0.2, -0.15) is 0 Å². The molecule has 2 rings (SSSR count). The maximum absolute atomic E-state index is 11.0. The monoisotopic (exact) mass is 259 g/mol. The lowest BCUT2D eigenvalue weighted by Crippen LogP contribution is -2.09. The predicted octanol–water partition coefficient (Wildman–Crippen LogP) is 1.59. The fourth-order valence-corrected chi connectivity index (χ4v) is 1.78. The lowest BCUT2D eigenvalue weighted by atomic mass is 10.2. The zero-order valence-corrected chi connectivity index (χ0v) is 10.3. The Labute approximate surface area is 109 Å². The van der Waals surface area contributed by atoms with E-state index in [0.29, 0.717) is 11.5 Å². The molecule has 0 saturated heterocycles. The standard InChI is InChI=1S/C13H13N3O3/c1-9(17)15-11-4-2-3-10(7-11)13-14-5-6-16(13)8-12(18)19/h2-7H,8H2,1H3,(H,15,17)(H,18,19). The third kappa shape index (κ3) is 3.19. The van der Waals surface area contributed by atoms with Gasteiger partial charge in [-0.15, -0.1) is 0 Å². The highest BCUT2D eigenvalue weighted by Gasteiger charge is 2.09. The fraction of sp³-hybridized carbons (Fsp3) is 0.154. The van der Waals surface area contributed by atoms with Crippen LogP contribution in [0, 0.1) is 0 Å². The highest BCUT2D eigenvalue weighted by Crippen LogP contribution is 2.21. The summed E-state index contributed by atoms with van der Waals surface area (Å²) in [5, 5.41) is 11.5. The van der Waals surface area contributed by atoms with Crippen molar-refractivity contribution in [1.82, 2.24) is 9.55 Å². The number of imidazole rings is 1. The Balaban J connectivity index is 2.33. The highest BCUT2D eigenvalue weighted by atomic mass is 16.4. The molecule has 0 fully saturated rings. The Bertz CT molecular complexity index is 619. The van der Waals surface area contributed by atoms with Gasteiger partial charge in [-0.25, -0.2) is 4.98 Å². The average Bonchev–Trinajstić information content (AvgIpc) is 2.75. The number of nitrogens with one attached hydrogen (secondary N) is 1. The Morgan fingerprint density at radius 1 is 1.42 bits per heavy atom. The molecule has 0 saturated carbocycles. The molecule has 0 aliphatic rings. The van der Waals surface area contributed by atoms with Crippen LogP contribution < -0.4 is 5.32 Å². The van der Waals surface area contributed by atoms with Crippen molar-refractivity contribution in [2.75, 3.05) is 5.32 Å². The molecule has 0 aliphatic carbocycles. The van der Waals surface area contributed by atoms with Gasteiger partial charge in [0.05, 0.1) is 0 Å². The maximum Gasteiger partial charge on any atom is 0.323 e. The second-order valence-corrected chi connectivity index (χ2v) is 4.03. The SMILES string of the molecule is CC(=O)Nc1cccc(-c2nccn2CC(=O)O)c1. The fourth-order valence-electron chi connectivity index (χ4n) is 1.78. The summed E-state index contributed by atoms with van der Waals surface area (Å²) in [6, 6.07) is 7.10. The summed E-state index contributed by atoms with van der Waals surface area (Å²) in [6.45, 7) is 1.28. The second-order valence-electron chi connectivity index (χ2n) is 4.03. The first-order valence-electron chi connectivity index (χ1n) is 5.67. The summed E-state index contributed by atoms with van der Waals surface area (Å²) < 4.78 is 1.54. The lowest BCUT2D eigenvalue weighted by Gasteiger charge is -2.07. The Hall–Kier alpha value is -2.63. The third-order valence-electron chi connectivity index (χ3n) is 2.46. The van der Waals surface area contributed by atoms with E-state index in [-0.39, 0.29) is 12.5 Å². The molecule has 98 valence electrons. The van der Waals surface area contributed by atoms with E-state index < -0.39 is 5.97 Å². The van der Waals surface area contributed by atoms with Crippen molar-refractivity contribution in [2.24, 2.45) is 0 Å². The van der Waals surface area contributed by atoms with Gasteiger partial charge in [0.25, 0.3) is 0 Å². The molecular formula is C13H13N3O3. The zero-order valence-electron chi connectivity index (χ0n) is 10.3. The van der Waals surface area contributed by atoms with Crippen LogP contribution in [0.2, 0.25) is 0 Å². The van der Waals surface area contributed by atoms with Crippen LogP contribution in [0.3, 0.4) is 0 Å².